The van der Waals surface area contributed by atoms with Gasteiger partial charge in [-0.1, -0.05) is 6.42 Å². The summed E-state index contributed by atoms with van der Waals surface area (Å²) >= 11 is 1.36. The van der Waals surface area contributed by atoms with Crippen LogP contribution in [0.5, 0.6) is 0 Å². The standard InChI is InChI=1S/C15H20N2O3S/c1-9-8-21-15(16-9)17-13(18)7-20-14(19)6-12-5-10-2-3-11(12)4-10/h8,10-12H,2-7H2,1H3,(H,16,17,18). The number of fused-ring (bicyclic) bond motifs is 2. The number of esters is 1. The van der Waals surface area contributed by atoms with Gasteiger partial charge in [0.1, 0.15) is 0 Å². The fourth-order valence-electron chi connectivity index (χ4n) is 3.61. The van der Waals surface area contributed by atoms with Gasteiger partial charge in [-0.2, -0.15) is 0 Å². The molecular formula is C15H20N2O3S. The molecule has 1 amide bonds. The number of rotatable bonds is 5. The van der Waals surface area contributed by atoms with Gasteiger partial charge in [0.05, 0.1) is 5.69 Å². The van der Waals surface area contributed by atoms with E-state index in [2.05, 4.69) is 10.3 Å². The van der Waals surface area contributed by atoms with Gasteiger partial charge >= 0.3 is 5.97 Å². The van der Waals surface area contributed by atoms with E-state index in [9.17, 15) is 9.59 Å². The average Bonchev–Trinajstić information content (AvgIpc) is 3.14. The molecule has 1 aromatic heterocycles. The second kappa shape index (κ2) is 6.13. The Balaban J connectivity index is 1.38. The lowest BCUT2D eigenvalue weighted by Crippen LogP contribution is -2.23. The van der Waals surface area contributed by atoms with E-state index in [-0.39, 0.29) is 18.5 Å². The maximum absolute atomic E-state index is 11.8. The predicted octanol–water partition coefficient (Wildman–Crippen LogP) is 2.76. The molecule has 114 valence electrons. The van der Waals surface area contributed by atoms with Crippen LogP contribution >= 0.6 is 11.3 Å². The molecule has 2 fully saturated rings. The van der Waals surface area contributed by atoms with Crippen LogP contribution in [0.25, 0.3) is 0 Å². The first-order chi connectivity index (χ1) is 10.1. The third kappa shape index (κ3) is 3.61. The number of thiazole rings is 1. The highest BCUT2D eigenvalue weighted by Crippen LogP contribution is 2.49. The van der Waals surface area contributed by atoms with Crippen molar-refractivity contribution >= 4 is 28.3 Å². The zero-order valence-electron chi connectivity index (χ0n) is 12.1. The minimum atomic E-state index is -0.328. The first-order valence-corrected chi connectivity index (χ1v) is 8.35. The molecule has 21 heavy (non-hydrogen) atoms. The Bertz CT molecular complexity index is 543. The Labute approximate surface area is 128 Å². The van der Waals surface area contributed by atoms with Gasteiger partial charge in [0, 0.05) is 11.8 Å². The first kappa shape index (κ1) is 14.5. The van der Waals surface area contributed by atoms with Gasteiger partial charge < -0.3 is 4.74 Å². The smallest absolute Gasteiger partial charge is 0.306 e. The van der Waals surface area contributed by atoms with Crippen LogP contribution in [0.15, 0.2) is 5.38 Å². The van der Waals surface area contributed by atoms with Crippen LogP contribution in [-0.4, -0.2) is 23.5 Å². The first-order valence-electron chi connectivity index (χ1n) is 7.47. The number of carbonyl (C=O) groups is 2. The Hall–Kier alpha value is -1.43. The molecule has 5 nitrogen and oxygen atoms in total. The molecule has 1 heterocycles. The Morgan fingerprint density at radius 1 is 1.43 bits per heavy atom. The number of nitrogens with zero attached hydrogens (tertiary/aromatic N) is 1. The van der Waals surface area contributed by atoms with Gasteiger partial charge in [-0.15, -0.1) is 11.3 Å². The highest BCUT2D eigenvalue weighted by atomic mass is 32.1. The maximum Gasteiger partial charge on any atom is 0.306 e. The van der Waals surface area contributed by atoms with E-state index in [0.717, 1.165) is 18.0 Å². The summed E-state index contributed by atoms with van der Waals surface area (Å²) in [5.41, 5.74) is 0.864. The van der Waals surface area contributed by atoms with E-state index in [1.54, 1.807) is 0 Å². The molecule has 3 rings (SSSR count). The molecule has 6 heteroatoms. The topological polar surface area (TPSA) is 68.3 Å². The zero-order valence-corrected chi connectivity index (χ0v) is 12.9. The number of ether oxygens (including phenoxy) is 1. The molecular weight excluding hydrogens is 288 g/mol. The highest BCUT2D eigenvalue weighted by Gasteiger charge is 2.40. The van der Waals surface area contributed by atoms with Gasteiger partial charge in [0.2, 0.25) is 0 Å². The molecule has 0 spiro atoms. The summed E-state index contributed by atoms with van der Waals surface area (Å²) in [6.07, 6.45) is 5.48. The number of amides is 1. The van der Waals surface area contributed by atoms with Gasteiger partial charge in [-0.3, -0.25) is 14.9 Å². The van der Waals surface area contributed by atoms with E-state index in [1.807, 2.05) is 12.3 Å². The van der Waals surface area contributed by atoms with Crippen molar-refractivity contribution in [2.45, 2.75) is 39.0 Å². The fraction of sp³-hybridized carbons (Fsp3) is 0.667. The molecule has 0 aliphatic heterocycles. The molecule has 1 N–H and O–H groups in total. The Morgan fingerprint density at radius 3 is 2.90 bits per heavy atom. The average molecular weight is 308 g/mol. The Kier molecular flexibility index (Phi) is 4.24. The lowest BCUT2D eigenvalue weighted by Gasteiger charge is -2.20. The number of aryl methyl sites for hydroxylation is 1. The molecule has 1 aromatic rings. The number of hydrogen-bond donors (Lipinski definition) is 1. The number of carbonyl (C=O) groups excluding carboxylic acids is 2. The second-order valence-electron chi connectivity index (χ2n) is 6.14. The second-order valence-corrected chi connectivity index (χ2v) is 7.00. The van der Waals surface area contributed by atoms with Crippen LogP contribution < -0.4 is 5.32 Å². The molecule has 0 radical (unpaired) electrons. The quantitative estimate of drug-likeness (QED) is 0.849. The normalized spacial score (nSPS) is 26.8. The number of aromatic nitrogens is 1. The highest BCUT2D eigenvalue weighted by molar-refractivity contribution is 7.13. The monoisotopic (exact) mass is 308 g/mol. The van der Waals surface area contributed by atoms with Gasteiger partial charge in [-0.25, -0.2) is 4.98 Å². The van der Waals surface area contributed by atoms with Crippen LogP contribution in [0.3, 0.4) is 0 Å². The number of nitrogens with one attached hydrogen (secondary N) is 1. The van der Waals surface area contributed by atoms with Crippen LogP contribution in [0, 0.1) is 24.7 Å². The minimum absolute atomic E-state index is 0.224. The van der Waals surface area contributed by atoms with Crippen LogP contribution in [0.1, 0.15) is 37.8 Å². The summed E-state index contributed by atoms with van der Waals surface area (Å²) in [4.78, 5) is 27.6. The molecule has 2 saturated carbocycles. The molecule has 2 bridgehead atoms. The van der Waals surface area contributed by atoms with Crippen molar-refractivity contribution in [1.29, 1.82) is 0 Å². The number of hydrogen-bond acceptors (Lipinski definition) is 5. The lowest BCUT2D eigenvalue weighted by molar-refractivity contribution is -0.148. The fourth-order valence-corrected chi connectivity index (χ4v) is 4.32. The SMILES string of the molecule is Cc1csc(NC(=O)COC(=O)CC2CC3CCC2C3)n1. The third-order valence-corrected chi connectivity index (χ3v) is 5.42. The van der Waals surface area contributed by atoms with Crippen molar-refractivity contribution in [2.24, 2.45) is 17.8 Å². The minimum Gasteiger partial charge on any atom is -0.456 e. The van der Waals surface area contributed by atoms with Crippen molar-refractivity contribution in [1.82, 2.24) is 4.98 Å². The molecule has 0 saturated heterocycles. The van der Waals surface area contributed by atoms with Crippen LogP contribution in [0.2, 0.25) is 0 Å². The van der Waals surface area contributed by atoms with E-state index in [0.29, 0.717) is 23.4 Å². The summed E-state index contributed by atoms with van der Waals surface area (Å²) < 4.78 is 5.08. The zero-order chi connectivity index (χ0) is 14.8. The van der Waals surface area contributed by atoms with Crippen molar-refractivity contribution in [3.05, 3.63) is 11.1 Å². The van der Waals surface area contributed by atoms with Gasteiger partial charge in [0.15, 0.2) is 11.7 Å². The van der Waals surface area contributed by atoms with Gasteiger partial charge in [0.25, 0.3) is 5.91 Å². The van der Waals surface area contributed by atoms with Crippen molar-refractivity contribution in [2.75, 3.05) is 11.9 Å². The van der Waals surface area contributed by atoms with Crippen molar-refractivity contribution in [3.8, 4) is 0 Å². The third-order valence-electron chi connectivity index (χ3n) is 4.54. The Morgan fingerprint density at radius 2 is 2.29 bits per heavy atom. The van der Waals surface area contributed by atoms with E-state index in [1.165, 1.54) is 30.6 Å². The van der Waals surface area contributed by atoms with Gasteiger partial charge in [-0.05, 0) is 43.9 Å². The summed E-state index contributed by atoms with van der Waals surface area (Å²) in [6.45, 7) is 1.64. The summed E-state index contributed by atoms with van der Waals surface area (Å²) in [7, 11) is 0. The summed E-state index contributed by atoms with van der Waals surface area (Å²) in [6, 6.07) is 0. The lowest BCUT2D eigenvalue weighted by atomic mass is 9.86. The van der Waals surface area contributed by atoms with E-state index < -0.39 is 0 Å². The molecule has 3 unspecified atom stereocenters. The molecule has 0 aromatic carbocycles. The predicted molar refractivity (Wildman–Crippen MR) is 80.0 cm³/mol. The van der Waals surface area contributed by atoms with Crippen molar-refractivity contribution < 1.29 is 14.3 Å². The maximum atomic E-state index is 11.8. The van der Waals surface area contributed by atoms with E-state index >= 15 is 0 Å². The number of anilines is 1. The summed E-state index contributed by atoms with van der Waals surface area (Å²) in [5.74, 6) is 1.42. The molecule has 2 aliphatic rings. The molecule has 3 atom stereocenters. The van der Waals surface area contributed by atoms with Crippen LogP contribution in [-0.2, 0) is 14.3 Å². The molecule has 2 aliphatic carbocycles. The van der Waals surface area contributed by atoms with Crippen molar-refractivity contribution in [3.63, 3.8) is 0 Å². The van der Waals surface area contributed by atoms with Crippen LogP contribution in [0.4, 0.5) is 5.13 Å². The van der Waals surface area contributed by atoms with E-state index in [4.69, 9.17) is 4.74 Å². The summed E-state index contributed by atoms with van der Waals surface area (Å²) in [5, 5.41) is 5.03. The largest absolute Gasteiger partial charge is 0.456 e.